The summed E-state index contributed by atoms with van der Waals surface area (Å²) in [5.74, 6) is -1.47. The number of halogens is 4. The minimum atomic E-state index is -5.11. The molecule has 0 fully saturated rings. The van der Waals surface area contributed by atoms with E-state index in [2.05, 4.69) is 0 Å². The zero-order valence-electron chi connectivity index (χ0n) is 14.3. The summed E-state index contributed by atoms with van der Waals surface area (Å²) in [7, 11) is -5.11. The van der Waals surface area contributed by atoms with Gasteiger partial charge in [0.2, 0.25) is 0 Å². The number of hydrogen-bond acceptors (Lipinski definition) is 4. The molecule has 3 aromatic rings. The van der Waals surface area contributed by atoms with E-state index in [4.69, 9.17) is 46.4 Å². The van der Waals surface area contributed by atoms with Crippen LogP contribution in [0.3, 0.4) is 0 Å². The van der Waals surface area contributed by atoms with Gasteiger partial charge >= 0.3 is 0 Å². The summed E-state index contributed by atoms with van der Waals surface area (Å²) < 4.78 is 33.9. The van der Waals surface area contributed by atoms with Crippen LogP contribution in [0, 0.1) is 0 Å². The normalized spacial score (nSPS) is 13.8. The zero-order valence-corrected chi connectivity index (χ0v) is 18.1. The third-order valence-electron chi connectivity index (χ3n) is 4.42. The lowest BCUT2D eigenvalue weighted by Crippen LogP contribution is -2.38. The van der Waals surface area contributed by atoms with Crippen molar-refractivity contribution in [1.82, 2.24) is 0 Å². The fourth-order valence-electron chi connectivity index (χ4n) is 3.20. The fraction of sp³-hybridized carbons (Fsp3) is 0.0526. The van der Waals surface area contributed by atoms with Gasteiger partial charge in [-0.2, -0.15) is 8.42 Å². The first-order chi connectivity index (χ1) is 13.5. The molecule has 152 valence electrons. The summed E-state index contributed by atoms with van der Waals surface area (Å²) in [5, 5.41) is 20.2. The van der Waals surface area contributed by atoms with Crippen molar-refractivity contribution < 1.29 is 23.2 Å². The fourth-order valence-corrected chi connectivity index (χ4v) is 5.46. The van der Waals surface area contributed by atoms with Crippen LogP contribution in [0.2, 0.25) is 20.1 Å². The van der Waals surface area contributed by atoms with Crippen LogP contribution in [0.4, 0.5) is 0 Å². The first-order valence-corrected chi connectivity index (χ1v) is 10.9. The van der Waals surface area contributed by atoms with Gasteiger partial charge in [-0.1, -0.05) is 76.7 Å². The Kier molecular flexibility index (Phi) is 5.98. The summed E-state index contributed by atoms with van der Waals surface area (Å²) in [5.41, 5.74) is -0.601. The van der Waals surface area contributed by atoms with Crippen molar-refractivity contribution in [3.05, 3.63) is 91.4 Å². The van der Waals surface area contributed by atoms with Crippen LogP contribution in [0.25, 0.3) is 0 Å². The van der Waals surface area contributed by atoms with Crippen LogP contribution < -0.4 is 0 Å². The number of aromatic hydroxyl groups is 2. The largest absolute Gasteiger partial charge is 0.504 e. The molecule has 0 bridgehead atoms. The molecule has 3 aromatic carbocycles. The molecule has 0 saturated heterocycles. The second-order valence-corrected chi connectivity index (χ2v) is 9.23. The molecule has 0 aliphatic carbocycles. The summed E-state index contributed by atoms with van der Waals surface area (Å²) >= 11 is 24.5. The smallest absolute Gasteiger partial charge is 0.283 e. The first-order valence-electron chi connectivity index (χ1n) is 7.90. The predicted molar refractivity (Wildman–Crippen MR) is 114 cm³/mol. The summed E-state index contributed by atoms with van der Waals surface area (Å²) in [6.07, 6.45) is 0. The second-order valence-electron chi connectivity index (χ2n) is 6.07. The Morgan fingerprint density at radius 2 is 1.31 bits per heavy atom. The van der Waals surface area contributed by atoms with Gasteiger partial charge in [0.15, 0.2) is 16.2 Å². The van der Waals surface area contributed by atoms with Crippen LogP contribution in [0.1, 0.15) is 16.7 Å². The molecular weight excluding hydrogens is 482 g/mol. The maximum Gasteiger partial charge on any atom is 0.283 e. The van der Waals surface area contributed by atoms with Gasteiger partial charge < -0.3 is 10.2 Å². The van der Waals surface area contributed by atoms with E-state index in [0.717, 1.165) is 6.07 Å². The third kappa shape index (κ3) is 3.54. The summed E-state index contributed by atoms with van der Waals surface area (Å²) in [6.45, 7) is 0. The van der Waals surface area contributed by atoms with Crippen molar-refractivity contribution in [2.45, 2.75) is 4.75 Å². The number of phenolic OH excluding ortho intramolecular Hbond substituents is 2. The minimum absolute atomic E-state index is 0.0137. The number of hydrogen-bond donors (Lipinski definition) is 3. The van der Waals surface area contributed by atoms with Gasteiger partial charge in [0, 0.05) is 5.56 Å². The van der Waals surface area contributed by atoms with E-state index in [9.17, 15) is 23.2 Å². The predicted octanol–water partition coefficient (Wildman–Crippen LogP) is 5.89. The summed E-state index contributed by atoms with van der Waals surface area (Å²) in [6, 6.07) is 12.2. The standard InChI is InChI=1S/C19H12Cl4O5S/c20-12-6-7-15(24)18(25)16(12)19(29(26,27)28,10-4-2-1-3-5-10)11-8-13(21)17(23)14(22)9-11/h1-9,24-25H,(H,26,27,28). The SMILES string of the molecule is O=S(=O)(O)C(c1ccccc1)(c1cc(Cl)c(Cl)c(Cl)c1)c1c(Cl)ccc(O)c1O. The van der Waals surface area contributed by atoms with Crippen molar-refractivity contribution in [3.8, 4) is 11.5 Å². The van der Waals surface area contributed by atoms with Crippen molar-refractivity contribution in [1.29, 1.82) is 0 Å². The number of phenols is 2. The van der Waals surface area contributed by atoms with Crippen molar-refractivity contribution >= 4 is 56.5 Å². The van der Waals surface area contributed by atoms with Crippen molar-refractivity contribution in [2.75, 3.05) is 0 Å². The van der Waals surface area contributed by atoms with Gasteiger partial charge in [0.25, 0.3) is 10.1 Å². The quantitative estimate of drug-likeness (QED) is 0.182. The molecule has 0 aliphatic rings. The molecule has 0 amide bonds. The van der Waals surface area contributed by atoms with Gasteiger partial charge in [0.1, 0.15) is 0 Å². The van der Waals surface area contributed by atoms with Gasteiger partial charge in [-0.15, -0.1) is 0 Å². The van der Waals surface area contributed by atoms with E-state index in [-0.39, 0.29) is 31.2 Å². The first kappa shape index (κ1) is 22.0. The van der Waals surface area contributed by atoms with E-state index >= 15 is 0 Å². The van der Waals surface area contributed by atoms with Crippen molar-refractivity contribution in [2.24, 2.45) is 0 Å². The molecule has 29 heavy (non-hydrogen) atoms. The topological polar surface area (TPSA) is 94.8 Å². The Bertz CT molecular complexity index is 1180. The highest BCUT2D eigenvalue weighted by Gasteiger charge is 2.52. The molecule has 3 rings (SSSR count). The Morgan fingerprint density at radius 3 is 1.83 bits per heavy atom. The van der Waals surface area contributed by atoms with E-state index in [1.165, 1.54) is 42.5 Å². The van der Waals surface area contributed by atoms with Crippen LogP contribution >= 0.6 is 46.4 Å². The van der Waals surface area contributed by atoms with E-state index in [1.807, 2.05) is 0 Å². The molecule has 3 N–H and O–H groups in total. The van der Waals surface area contributed by atoms with Crippen LogP contribution in [-0.2, 0) is 14.9 Å². The van der Waals surface area contributed by atoms with E-state index < -0.39 is 31.9 Å². The van der Waals surface area contributed by atoms with Crippen LogP contribution in [0.5, 0.6) is 11.5 Å². The lowest BCUT2D eigenvalue weighted by molar-refractivity contribution is 0.394. The Labute approximate surface area is 186 Å². The van der Waals surface area contributed by atoms with E-state index in [1.54, 1.807) is 6.07 Å². The second kappa shape index (κ2) is 7.87. The highest BCUT2D eigenvalue weighted by atomic mass is 35.5. The Morgan fingerprint density at radius 1 is 0.759 bits per heavy atom. The summed E-state index contributed by atoms with van der Waals surface area (Å²) in [4.78, 5) is 0. The van der Waals surface area contributed by atoms with Gasteiger partial charge in [-0.25, -0.2) is 0 Å². The molecule has 10 heteroatoms. The zero-order chi connectivity index (χ0) is 21.6. The molecule has 1 atom stereocenters. The Hall–Kier alpha value is -1.67. The monoisotopic (exact) mass is 492 g/mol. The number of rotatable bonds is 4. The van der Waals surface area contributed by atoms with Gasteiger partial charge in [-0.05, 0) is 35.4 Å². The molecular formula is C19H12Cl4O5S. The molecule has 0 saturated carbocycles. The van der Waals surface area contributed by atoms with Gasteiger partial charge in [-0.3, -0.25) is 4.55 Å². The molecule has 0 aromatic heterocycles. The molecule has 0 spiro atoms. The third-order valence-corrected chi connectivity index (χ3v) is 7.38. The molecule has 1 unspecified atom stereocenters. The average molecular weight is 494 g/mol. The number of benzene rings is 3. The van der Waals surface area contributed by atoms with Crippen molar-refractivity contribution in [3.63, 3.8) is 0 Å². The maximum atomic E-state index is 13.0. The molecule has 5 nitrogen and oxygen atoms in total. The molecule has 0 radical (unpaired) electrons. The Balaban J connectivity index is 2.64. The molecule has 0 aliphatic heterocycles. The van der Waals surface area contributed by atoms with Crippen LogP contribution in [-0.4, -0.2) is 23.2 Å². The highest BCUT2D eigenvalue weighted by molar-refractivity contribution is 7.87. The van der Waals surface area contributed by atoms with Gasteiger partial charge in [0.05, 0.1) is 20.1 Å². The van der Waals surface area contributed by atoms with E-state index in [0.29, 0.717) is 0 Å². The van der Waals surface area contributed by atoms with Crippen LogP contribution in [0.15, 0.2) is 54.6 Å². The lowest BCUT2D eigenvalue weighted by Gasteiger charge is -2.34. The molecule has 0 heterocycles. The average Bonchev–Trinajstić information content (AvgIpc) is 2.65. The highest BCUT2D eigenvalue weighted by Crippen LogP contribution is 2.53. The lowest BCUT2D eigenvalue weighted by atomic mass is 9.83. The minimum Gasteiger partial charge on any atom is -0.504 e. The maximum absolute atomic E-state index is 13.0.